The van der Waals surface area contributed by atoms with Crippen LogP contribution >= 0.6 is 11.6 Å². The third-order valence-electron chi connectivity index (χ3n) is 5.17. The summed E-state index contributed by atoms with van der Waals surface area (Å²) in [5.74, 6) is 1.01. The van der Waals surface area contributed by atoms with E-state index in [2.05, 4.69) is 27.1 Å². The minimum Gasteiger partial charge on any atom is -0.341 e. The fraction of sp³-hybridized carbons (Fsp3) is 0.421. The van der Waals surface area contributed by atoms with E-state index < -0.39 is 5.82 Å². The second kappa shape index (κ2) is 6.96. The summed E-state index contributed by atoms with van der Waals surface area (Å²) in [5, 5.41) is 3.29. The molecule has 1 amide bonds. The van der Waals surface area contributed by atoms with Gasteiger partial charge in [-0.25, -0.2) is 9.37 Å². The first-order valence-corrected chi connectivity index (χ1v) is 9.43. The van der Waals surface area contributed by atoms with E-state index in [0.29, 0.717) is 28.4 Å². The first kappa shape index (κ1) is 18.0. The first-order valence-electron chi connectivity index (χ1n) is 9.06. The van der Waals surface area contributed by atoms with Gasteiger partial charge in [0, 0.05) is 26.2 Å². The van der Waals surface area contributed by atoms with Gasteiger partial charge in [0.05, 0.1) is 24.0 Å². The second-order valence-electron chi connectivity index (χ2n) is 7.28. The van der Waals surface area contributed by atoms with Gasteiger partial charge < -0.3 is 15.1 Å². The molecule has 27 heavy (non-hydrogen) atoms. The Morgan fingerprint density at radius 2 is 2.19 bits per heavy atom. The zero-order valence-electron chi connectivity index (χ0n) is 15.3. The van der Waals surface area contributed by atoms with Crippen molar-refractivity contribution >= 4 is 40.6 Å². The van der Waals surface area contributed by atoms with Crippen molar-refractivity contribution in [3.8, 4) is 0 Å². The van der Waals surface area contributed by atoms with Crippen LogP contribution in [0, 0.1) is 11.7 Å². The average Bonchev–Trinajstić information content (AvgIpc) is 2.91. The molecule has 142 valence electrons. The molecule has 8 heteroatoms. The lowest BCUT2D eigenvalue weighted by molar-refractivity contribution is -0.117. The van der Waals surface area contributed by atoms with Crippen molar-refractivity contribution in [2.24, 2.45) is 5.92 Å². The largest absolute Gasteiger partial charge is 0.341 e. The molecule has 1 atom stereocenters. The summed E-state index contributed by atoms with van der Waals surface area (Å²) in [6, 6.07) is 3.01. The Morgan fingerprint density at radius 3 is 2.96 bits per heavy atom. The van der Waals surface area contributed by atoms with Crippen molar-refractivity contribution in [3.05, 3.63) is 34.7 Å². The molecule has 1 fully saturated rings. The fourth-order valence-electron chi connectivity index (χ4n) is 3.67. The van der Waals surface area contributed by atoms with Gasteiger partial charge >= 0.3 is 0 Å². The maximum atomic E-state index is 14.6. The molecule has 6 nitrogen and oxygen atoms in total. The van der Waals surface area contributed by atoms with Gasteiger partial charge in [-0.15, -0.1) is 0 Å². The van der Waals surface area contributed by atoms with Gasteiger partial charge in [0.1, 0.15) is 10.8 Å². The second-order valence-corrected chi connectivity index (χ2v) is 7.68. The molecule has 0 saturated carbocycles. The minimum atomic E-state index is -0.460. The number of hydrogen-bond donors (Lipinski definition) is 1. The standard InChI is InChI=1S/C19H21ClFN5O/c1-11-4-3-5-26(10-11)19-22-9-13(20)18(24-19)23-15-6-12-7-17(27)25(2)16(12)8-14(15)21/h6,8-9,11H,3-5,7,10H2,1-2H3,(H,22,23,24)/t11-/m0/s1. The van der Waals surface area contributed by atoms with Crippen LogP contribution in [0.25, 0.3) is 0 Å². The third kappa shape index (κ3) is 3.43. The van der Waals surface area contributed by atoms with E-state index in [1.807, 2.05) is 0 Å². The molecule has 1 N–H and O–H groups in total. The molecule has 0 spiro atoms. The number of carbonyl (C=O) groups excluding carboxylic acids is 1. The monoisotopic (exact) mass is 389 g/mol. The number of anilines is 4. The Labute approximate surface area is 162 Å². The van der Waals surface area contributed by atoms with E-state index in [9.17, 15) is 9.18 Å². The zero-order valence-corrected chi connectivity index (χ0v) is 16.1. The summed E-state index contributed by atoms with van der Waals surface area (Å²) in [4.78, 5) is 24.3. The van der Waals surface area contributed by atoms with Crippen LogP contribution in [0.4, 0.5) is 27.5 Å². The Balaban J connectivity index is 1.62. The molecule has 1 saturated heterocycles. The molecule has 2 aliphatic heterocycles. The van der Waals surface area contributed by atoms with E-state index in [4.69, 9.17) is 11.6 Å². The van der Waals surface area contributed by atoms with Crippen molar-refractivity contribution in [1.82, 2.24) is 9.97 Å². The number of hydrogen-bond acceptors (Lipinski definition) is 5. The smallest absolute Gasteiger partial charge is 0.231 e. The number of nitrogens with one attached hydrogen (secondary N) is 1. The predicted molar refractivity (Wildman–Crippen MR) is 104 cm³/mol. The number of benzene rings is 1. The van der Waals surface area contributed by atoms with E-state index in [0.717, 1.165) is 25.1 Å². The third-order valence-corrected chi connectivity index (χ3v) is 5.45. The Hall–Kier alpha value is -2.41. The Morgan fingerprint density at radius 1 is 1.37 bits per heavy atom. The summed E-state index contributed by atoms with van der Waals surface area (Å²) >= 11 is 6.24. The van der Waals surface area contributed by atoms with Crippen LogP contribution in [0.5, 0.6) is 0 Å². The molecule has 3 heterocycles. The lowest BCUT2D eigenvalue weighted by atomic mass is 10.0. The van der Waals surface area contributed by atoms with Crippen molar-refractivity contribution in [2.45, 2.75) is 26.2 Å². The van der Waals surface area contributed by atoms with Gasteiger partial charge in [-0.05, 0) is 30.4 Å². The molecule has 0 unspecified atom stereocenters. The normalized spacial score (nSPS) is 19.4. The van der Waals surface area contributed by atoms with Crippen molar-refractivity contribution in [3.63, 3.8) is 0 Å². The van der Waals surface area contributed by atoms with Gasteiger partial charge in [0.2, 0.25) is 11.9 Å². The van der Waals surface area contributed by atoms with Crippen LogP contribution in [0.2, 0.25) is 5.02 Å². The number of fused-ring (bicyclic) bond motifs is 1. The fourth-order valence-corrected chi connectivity index (χ4v) is 3.81. The van der Waals surface area contributed by atoms with Crippen LogP contribution in [-0.2, 0) is 11.2 Å². The number of amides is 1. The van der Waals surface area contributed by atoms with Gasteiger partial charge in [-0.3, -0.25) is 4.79 Å². The van der Waals surface area contributed by atoms with Crippen LogP contribution < -0.4 is 15.1 Å². The van der Waals surface area contributed by atoms with Crippen molar-refractivity contribution in [2.75, 3.05) is 35.3 Å². The zero-order chi connectivity index (χ0) is 19.1. The maximum Gasteiger partial charge on any atom is 0.231 e. The van der Waals surface area contributed by atoms with E-state index >= 15 is 0 Å². The Kier molecular flexibility index (Phi) is 4.63. The van der Waals surface area contributed by atoms with Crippen molar-refractivity contribution < 1.29 is 9.18 Å². The van der Waals surface area contributed by atoms with E-state index in [-0.39, 0.29) is 18.0 Å². The number of carbonyl (C=O) groups is 1. The maximum absolute atomic E-state index is 14.6. The molecule has 1 aromatic heterocycles. The van der Waals surface area contributed by atoms with E-state index in [1.54, 1.807) is 13.1 Å². The lowest BCUT2D eigenvalue weighted by Crippen LogP contribution is -2.35. The molecule has 4 rings (SSSR count). The van der Waals surface area contributed by atoms with Crippen LogP contribution in [0.1, 0.15) is 25.3 Å². The average molecular weight is 390 g/mol. The molecule has 0 radical (unpaired) electrons. The van der Waals surface area contributed by atoms with Gasteiger partial charge in [0.25, 0.3) is 0 Å². The molecule has 0 aliphatic carbocycles. The SMILES string of the molecule is C[C@H]1CCCN(c2ncc(Cl)c(Nc3cc4c(cc3F)N(C)C(=O)C4)n2)C1. The molecular formula is C19H21ClFN5O. The number of rotatable bonds is 3. The number of halogens is 2. The highest BCUT2D eigenvalue weighted by molar-refractivity contribution is 6.32. The molecular weight excluding hydrogens is 369 g/mol. The predicted octanol–water partition coefficient (Wildman–Crippen LogP) is 3.77. The summed E-state index contributed by atoms with van der Waals surface area (Å²) in [5.41, 5.74) is 1.62. The number of piperidine rings is 1. The quantitative estimate of drug-likeness (QED) is 0.865. The summed E-state index contributed by atoms with van der Waals surface area (Å²) in [6.07, 6.45) is 4.09. The van der Waals surface area contributed by atoms with Crippen LogP contribution in [0.3, 0.4) is 0 Å². The molecule has 2 aromatic rings. The highest BCUT2D eigenvalue weighted by atomic mass is 35.5. The molecule has 0 bridgehead atoms. The number of aromatic nitrogens is 2. The summed E-state index contributed by atoms with van der Waals surface area (Å²) < 4.78 is 14.6. The lowest BCUT2D eigenvalue weighted by Gasteiger charge is -2.31. The van der Waals surface area contributed by atoms with Gasteiger partial charge in [0.15, 0.2) is 5.82 Å². The first-order chi connectivity index (χ1) is 12.9. The highest BCUT2D eigenvalue weighted by Crippen LogP contribution is 2.34. The van der Waals surface area contributed by atoms with Gasteiger partial charge in [-0.2, -0.15) is 4.98 Å². The number of likely N-dealkylation sites (N-methyl/N-ethyl adjacent to an activating group) is 1. The highest BCUT2D eigenvalue weighted by Gasteiger charge is 2.26. The summed E-state index contributed by atoms with van der Waals surface area (Å²) in [7, 11) is 1.65. The molecule has 2 aliphatic rings. The Bertz CT molecular complexity index is 906. The van der Waals surface area contributed by atoms with E-state index in [1.165, 1.54) is 23.6 Å². The number of nitrogens with zero attached hydrogens (tertiary/aromatic N) is 4. The topological polar surface area (TPSA) is 61.4 Å². The van der Waals surface area contributed by atoms with Crippen molar-refractivity contribution in [1.29, 1.82) is 0 Å². The van der Waals surface area contributed by atoms with Gasteiger partial charge in [-0.1, -0.05) is 18.5 Å². The van der Waals surface area contributed by atoms with Crippen LogP contribution in [0.15, 0.2) is 18.3 Å². The minimum absolute atomic E-state index is 0.0527. The molecule has 1 aromatic carbocycles. The summed E-state index contributed by atoms with van der Waals surface area (Å²) in [6.45, 7) is 4.00. The van der Waals surface area contributed by atoms with Crippen LogP contribution in [-0.4, -0.2) is 36.0 Å².